The van der Waals surface area contributed by atoms with Crippen LogP contribution in [0.5, 0.6) is 0 Å². The number of benzene rings is 1. The van der Waals surface area contributed by atoms with Crippen molar-refractivity contribution in [3.05, 3.63) is 40.0 Å². The summed E-state index contributed by atoms with van der Waals surface area (Å²) in [5.74, 6) is 0. The van der Waals surface area contributed by atoms with E-state index >= 15 is 0 Å². The van der Waals surface area contributed by atoms with E-state index in [0.717, 1.165) is 21.6 Å². The molecular formula is C12H12ClN. The van der Waals surface area contributed by atoms with Gasteiger partial charge < -0.3 is 0 Å². The SMILES string of the molecule is Cc1nc2c(Cl)cccc2c(C)c1C. The molecule has 0 unspecified atom stereocenters. The number of rotatable bonds is 0. The minimum Gasteiger partial charge on any atom is -0.251 e. The maximum absolute atomic E-state index is 6.09. The lowest BCUT2D eigenvalue weighted by molar-refractivity contribution is 1.17. The first-order valence-corrected chi connectivity index (χ1v) is 5.01. The molecule has 0 fully saturated rings. The van der Waals surface area contributed by atoms with Crippen LogP contribution in [0.25, 0.3) is 10.9 Å². The molecule has 0 aliphatic rings. The van der Waals surface area contributed by atoms with E-state index in [1.807, 2.05) is 19.1 Å². The van der Waals surface area contributed by atoms with Crippen molar-refractivity contribution in [2.45, 2.75) is 20.8 Å². The number of fused-ring (bicyclic) bond motifs is 1. The van der Waals surface area contributed by atoms with Gasteiger partial charge in [0, 0.05) is 11.1 Å². The predicted octanol–water partition coefficient (Wildman–Crippen LogP) is 3.81. The molecule has 0 saturated carbocycles. The lowest BCUT2D eigenvalue weighted by Gasteiger charge is -2.09. The fraction of sp³-hybridized carbons (Fsp3) is 0.250. The van der Waals surface area contributed by atoms with Crippen molar-refractivity contribution in [1.29, 1.82) is 0 Å². The molecule has 0 spiro atoms. The van der Waals surface area contributed by atoms with E-state index in [1.165, 1.54) is 11.1 Å². The second kappa shape index (κ2) is 3.25. The molecule has 2 heteroatoms. The summed E-state index contributed by atoms with van der Waals surface area (Å²) in [7, 11) is 0. The first kappa shape index (κ1) is 9.47. The van der Waals surface area contributed by atoms with Gasteiger partial charge in [-0.05, 0) is 38.0 Å². The lowest BCUT2D eigenvalue weighted by atomic mass is 10.0. The summed E-state index contributed by atoms with van der Waals surface area (Å²) in [6.07, 6.45) is 0. The minimum atomic E-state index is 0.730. The van der Waals surface area contributed by atoms with Crippen LogP contribution < -0.4 is 0 Å². The van der Waals surface area contributed by atoms with Crippen LogP contribution in [0.3, 0.4) is 0 Å². The number of hydrogen-bond donors (Lipinski definition) is 0. The predicted molar refractivity (Wildman–Crippen MR) is 61.0 cm³/mol. The number of aromatic nitrogens is 1. The average Bonchev–Trinajstić information content (AvgIpc) is 2.17. The molecule has 0 saturated heterocycles. The lowest BCUT2D eigenvalue weighted by Crippen LogP contribution is -1.93. The third-order valence-electron chi connectivity index (χ3n) is 2.78. The Morgan fingerprint density at radius 2 is 1.79 bits per heavy atom. The van der Waals surface area contributed by atoms with E-state index in [1.54, 1.807) is 0 Å². The molecular weight excluding hydrogens is 194 g/mol. The van der Waals surface area contributed by atoms with Gasteiger partial charge in [0.25, 0.3) is 0 Å². The van der Waals surface area contributed by atoms with Crippen molar-refractivity contribution in [2.24, 2.45) is 0 Å². The van der Waals surface area contributed by atoms with Gasteiger partial charge in [-0.25, -0.2) is 0 Å². The van der Waals surface area contributed by atoms with Crippen molar-refractivity contribution in [1.82, 2.24) is 4.98 Å². The Hall–Kier alpha value is -1.08. The molecule has 72 valence electrons. The third kappa shape index (κ3) is 1.28. The first-order valence-electron chi connectivity index (χ1n) is 4.63. The summed E-state index contributed by atoms with van der Waals surface area (Å²) < 4.78 is 0. The Morgan fingerprint density at radius 1 is 1.07 bits per heavy atom. The molecule has 0 atom stereocenters. The van der Waals surface area contributed by atoms with Crippen LogP contribution in [0, 0.1) is 20.8 Å². The third-order valence-corrected chi connectivity index (χ3v) is 3.08. The van der Waals surface area contributed by atoms with Crippen molar-refractivity contribution < 1.29 is 0 Å². The number of pyridine rings is 1. The van der Waals surface area contributed by atoms with Crippen LogP contribution in [0.15, 0.2) is 18.2 Å². The Morgan fingerprint density at radius 3 is 2.50 bits per heavy atom. The highest BCUT2D eigenvalue weighted by Crippen LogP contribution is 2.26. The molecule has 1 heterocycles. The maximum Gasteiger partial charge on any atom is 0.0894 e. The smallest absolute Gasteiger partial charge is 0.0894 e. The van der Waals surface area contributed by atoms with Gasteiger partial charge in [0.2, 0.25) is 0 Å². The first-order chi connectivity index (χ1) is 6.61. The topological polar surface area (TPSA) is 12.9 Å². The highest BCUT2D eigenvalue weighted by Gasteiger charge is 2.07. The zero-order valence-corrected chi connectivity index (χ0v) is 9.31. The number of aryl methyl sites for hydroxylation is 2. The van der Waals surface area contributed by atoms with Crippen LogP contribution in [0.1, 0.15) is 16.8 Å². The molecule has 0 bridgehead atoms. The normalized spacial score (nSPS) is 10.9. The highest BCUT2D eigenvalue weighted by atomic mass is 35.5. The van der Waals surface area contributed by atoms with Crippen LogP contribution in [-0.2, 0) is 0 Å². The molecule has 0 N–H and O–H groups in total. The maximum atomic E-state index is 6.09. The standard InChI is InChI=1S/C12H12ClN/c1-7-8(2)10-5-4-6-11(13)12(10)14-9(7)3/h4-6H,1-3H3. The second-order valence-electron chi connectivity index (χ2n) is 3.58. The Labute approximate surface area is 88.7 Å². The van der Waals surface area contributed by atoms with Crippen LogP contribution in [-0.4, -0.2) is 4.98 Å². The van der Waals surface area contributed by atoms with Crippen molar-refractivity contribution >= 4 is 22.5 Å². The summed E-state index contributed by atoms with van der Waals surface area (Å²) in [5.41, 5.74) is 4.49. The average molecular weight is 206 g/mol. The highest BCUT2D eigenvalue weighted by molar-refractivity contribution is 6.35. The number of para-hydroxylation sites is 1. The summed E-state index contributed by atoms with van der Waals surface area (Å²) >= 11 is 6.09. The monoisotopic (exact) mass is 205 g/mol. The molecule has 0 radical (unpaired) electrons. The zero-order valence-electron chi connectivity index (χ0n) is 8.56. The zero-order chi connectivity index (χ0) is 10.3. The van der Waals surface area contributed by atoms with E-state index < -0.39 is 0 Å². The van der Waals surface area contributed by atoms with Gasteiger partial charge in [0.1, 0.15) is 0 Å². The Kier molecular flexibility index (Phi) is 2.20. The summed E-state index contributed by atoms with van der Waals surface area (Å²) in [4.78, 5) is 4.50. The van der Waals surface area contributed by atoms with E-state index in [9.17, 15) is 0 Å². The summed E-state index contributed by atoms with van der Waals surface area (Å²) in [6, 6.07) is 5.91. The summed E-state index contributed by atoms with van der Waals surface area (Å²) in [6.45, 7) is 6.23. The van der Waals surface area contributed by atoms with Gasteiger partial charge in [0.05, 0.1) is 10.5 Å². The molecule has 1 aromatic carbocycles. The quantitative estimate of drug-likeness (QED) is 0.637. The molecule has 14 heavy (non-hydrogen) atoms. The largest absolute Gasteiger partial charge is 0.251 e. The number of halogens is 1. The Balaban J connectivity index is 2.98. The number of hydrogen-bond acceptors (Lipinski definition) is 1. The second-order valence-corrected chi connectivity index (χ2v) is 3.99. The fourth-order valence-electron chi connectivity index (χ4n) is 1.66. The Bertz CT molecular complexity index is 503. The molecule has 1 nitrogen and oxygen atoms in total. The number of nitrogens with zero attached hydrogens (tertiary/aromatic N) is 1. The van der Waals surface area contributed by atoms with Gasteiger partial charge in [-0.15, -0.1) is 0 Å². The van der Waals surface area contributed by atoms with Crippen LogP contribution >= 0.6 is 11.6 Å². The van der Waals surface area contributed by atoms with Crippen molar-refractivity contribution in [2.75, 3.05) is 0 Å². The van der Waals surface area contributed by atoms with E-state index in [4.69, 9.17) is 11.6 Å². The van der Waals surface area contributed by atoms with Crippen molar-refractivity contribution in [3.8, 4) is 0 Å². The van der Waals surface area contributed by atoms with Gasteiger partial charge >= 0.3 is 0 Å². The van der Waals surface area contributed by atoms with E-state index in [2.05, 4.69) is 24.9 Å². The van der Waals surface area contributed by atoms with E-state index in [-0.39, 0.29) is 0 Å². The molecule has 1 aromatic heterocycles. The van der Waals surface area contributed by atoms with Gasteiger partial charge in [-0.3, -0.25) is 4.98 Å². The molecule has 2 aromatic rings. The fourth-order valence-corrected chi connectivity index (χ4v) is 1.87. The minimum absolute atomic E-state index is 0.730. The van der Waals surface area contributed by atoms with Gasteiger partial charge in [-0.2, -0.15) is 0 Å². The molecule has 0 aliphatic heterocycles. The van der Waals surface area contributed by atoms with Crippen LogP contribution in [0.4, 0.5) is 0 Å². The molecule has 0 amide bonds. The van der Waals surface area contributed by atoms with Gasteiger partial charge in [-0.1, -0.05) is 23.7 Å². The van der Waals surface area contributed by atoms with E-state index in [0.29, 0.717) is 0 Å². The van der Waals surface area contributed by atoms with Crippen molar-refractivity contribution in [3.63, 3.8) is 0 Å². The summed E-state index contributed by atoms with van der Waals surface area (Å²) in [5, 5.41) is 1.88. The van der Waals surface area contributed by atoms with Crippen LogP contribution in [0.2, 0.25) is 5.02 Å². The van der Waals surface area contributed by atoms with Gasteiger partial charge in [0.15, 0.2) is 0 Å². The molecule has 0 aliphatic carbocycles. The molecule has 2 rings (SSSR count).